The van der Waals surface area contributed by atoms with E-state index >= 15 is 0 Å². The van der Waals surface area contributed by atoms with Crippen molar-refractivity contribution in [3.63, 3.8) is 0 Å². The molecule has 0 saturated heterocycles. The van der Waals surface area contributed by atoms with Crippen molar-refractivity contribution in [2.24, 2.45) is 0 Å². The summed E-state index contributed by atoms with van der Waals surface area (Å²) in [6.45, 7) is 2.18. The van der Waals surface area contributed by atoms with Gasteiger partial charge in [-0.3, -0.25) is 0 Å². The van der Waals surface area contributed by atoms with Gasteiger partial charge in [-0.1, -0.05) is 29.8 Å². The molecule has 0 aliphatic heterocycles. The molecule has 2 aromatic carbocycles. The van der Waals surface area contributed by atoms with Gasteiger partial charge in [0.05, 0.1) is 6.61 Å². The zero-order valence-corrected chi connectivity index (χ0v) is 11.8. The first-order valence-electron chi connectivity index (χ1n) is 6.48. The van der Waals surface area contributed by atoms with Gasteiger partial charge in [0.25, 0.3) is 0 Å². The van der Waals surface area contributed by atoms with Crippen molar-refractivity contribution in [3.05, 3.63) is 53.1 Å². The van der Waals surface area contributed by atoms with Crippen LogP contribution in [-0.2, 0) is 9.53 Å². The summed E-state index contributed by atoms with van der Waals surface area (Å²) in [5.74, 6) is -0.321. The van der Waals surface area contributed by atoms with Crippen molar-refractivity contribution in [2.45, 2.75) is 6.92 Å². The van der Waals surface area contributed by atoms with Crippen LogP contribution in [0.15, 0.2) is 42.5 Å². The molecule has 0 atom stereocenters. The number of fused-ring (bicyclic) bond motifs is 4. The van der Waals surface area contributed by atoms with Crippen molar-refractivity contribution < 1.29 is 9.53 Å². The molecule has 0 radical (unpaired) electrons. The Kier molecular flexibility index (Phi) is 3.33. The maximum Gasteiger partial charge on any atom is 0.330 e. The molecule has 100 valence electrons. The maximum absolute atomic E-state index is 11.3. The molecule has 0 amide bonds. The molecule has 0 spiro atoms. The second-order valence-corrected chi connectivity index (χ2v) is 5.02. The minimum absolute atomic E-state index is 0.321. The van der Waals surface area contributed by atoms with Gasteiger partial charge in [-0.2, -0.15) is 0 Å². The van der Waals surface area contributed by atoms with Crippen LogP contribution in [0.5, 0.6) is 0 Å². The highest BCUT2D eigenvalue weighted by molar-refractivity contribution is 6.31. The fourth-order valence-corrected chi connectivity index (χ4v) is 2.56. The fourth-order valence-electron chi connectivity index (χ4n) is 2.39. The fraction of sp³-hybridized carbons (Fsp3) is 0.118. The SMILES string of the molecule is CCOC(=O)/C=C/c1ccc2c(c1)-c1cc(Cl)ccc1-2. The van der Waals surface area contributed by atoms with Crippen LogP contribution in [0, 0.1) is 0 Å². The zero-order chi connectivity index (χ0) is 14.1. The molecule has 2 nitrogen and oxygen atoms in total. The van der Waals surface area contributed by atoms with Gasteiger partial charge in [0.15, 0.2) is 0 Å². The molecule has 2 aromatic rings. The molecule has 0 saturated carbocycles. The molecule has 3 heteroatoms. The first-order chi connectivity index (χ1) is 9.69. The standard InChI is InChI=1S/C17H13ClO2/c1-2-20-17(19)8-4-11-3-6-13-14-7-5-12(18)10-16(14)15(13)9-11/h3-10H,2H2,1H3/b8-4+. The minimum Gasteiger partial charge on any atom is -0.463 e. The zero-order valence-electron chi connectivity index (χ0n) is 11.0. The lowest BCUT2D eigenvalue weighted by Gasteiger charge is -2.24. The molecule has 3 rings (SSSR count). The summed E-state index contributed by atoms with van der Waals surface area (Å²) in [6, 6.07) is 12.0. The van der Waals surface area contributed by atoms with Crippen molar-refractivity contribution in [1.82, 2.24) is 0 Å². The summed E-state index contributed by atoms with van der Waals surface area (Å²) in [6.07, 6.45) is 3.21. The highest BCUT2D eigenvalue weighted by Gasteiger charge is 2.22. The average Bonchev–Trinajstić information content (AvgIpc) is 2.44. The van der Waals surface area contributed by atoms with Crippen LogP contribution in [0.2, 0.25) is 5.02 Å². The van der Waals surface area contributed by atoms with Gasteiger partial charge in [0.1, 0.15) is 0 Å². The van der Waals surface area contributed by atoms with Crippen molar-refractivity contribution >= 4 is 23.6 Å². The number of hydrogen-bond donors (Lipinski definition) is 0. The highest BCUT2D eigenvalue weighted by Crippen LogP contribution is 2.48. The van der Waals surface area contributed by atoms with Gasteiger partial charge >= 0.3 is 5.97 Å². The van der Waals surface area contributed by atoms with E-state index < -0.39 is 0 Å². The number of esters is 1. The van der Waals surface area contributed by atoms with Gasteiger partial charge in [-0.15, -0.1) is 0 Å². The van der Waals surface area contributed by atoms with E-state index in [1.165, 1.54) is 28.3 Å². The predicted octanol–water partition coefficient (Wildman–Crippen LogP) is 4.56. The molecular weight excluding hydrogens is 272 g/mol. The lowest BCUT2D eigenvalue weighted by molar-refractivity contribution is -0.137. The molecule has 20 heavy (non-hydrogen) atoms. The maximum atomic E-state index is 11.3. The van der Waals surface area contributed by atoms with E-state index in [1.54, 1.807) is 13.0 Å². The Morgan fingerprint density at radius 2 is 1.80 bits per heavy atom. The van der Waals surface area contributed by atoms with Gasteiger partial charge in [-0.05, 0) is 59.0 Å². The van der Waals surface area contributed by atoms with Crippen molar-refractivity contribution in [3.8, 4) is 22.3 Å². The predicted molar refractivity (Wildman–Crippen MR) is 81.5 cm³/mol. The number of rotatable bonds is 3. The Balaban J connectivity index is 1.87. The molecule has 0 heterocycles. The number of carbonyl (C=O) groups is 1. The number of carbonyl (C=O) groups excluding carboxylic acids is 1. The first kappa shape index (κ1) is 12.9. The summed E-state index contributed by atoms with van der Waals surface area (Å²) >= 11 is 6.02. The molecule has 0 aromatic heterocycles. The Morgan fingerprint density at radius 1 is 1.10 bits per heavy atom. The van der Waals surface area contributed by atoms with Crippen LogP contribution in [0.1, 0.15) is 12.5 Å². The van der Waals surface area contributed by atoms with Crippen molar-refractivity contribution in [2.75, 3.05) is 6.61 Å². The molecule has 1 aliphatic carbocycles. The van der Waals surface area contributed by atoms with Crippen LogP contribution >= 0.6 is 11.6 Å². The molecule has 0 N–H and O–H groups in total. The second-order valence-electron chi connectivity index (χ2n) is 4.58. The summed E-state index contributed by atoms with van der Waals surface area (Å²) in [5.41, 5.74) is 5.77. The quantitative estimate of drug-likeness (QED) is 0.520. The molecule has 1 aliphatic rings. The summed E-state index contributed by atoms with van der Waals surface area (Å²) < 4.78 is 4.86. The van der Waals surface area contributed by atoms with Crippen LogP contribution in [0.25, 0.3) is 28.3 Å². The summed E-state index contributed by atoms with van der Waals surface area (Å²) in [7, 11) is 0. The lowest BCUT2D eigenvalue weighted by atomic mass is 9.80. The smallest absolute Gasteiger partial charge is 0.330 e. The average molecular weight is 285 g/mol. The van der Waals surface area contributed by atoms with Gasteiger partial charge in [0.2, 0.25) is 0 Å². The van der Waals surface area contributed by atoms with Crippen LogP contribution in [0.4, 0.5) is 0 Å². The Hall–Kier alpha value is -2.06. The Bertz CT molecular complexity index is 717. The van der Waals surface area contributed by atoms with Crippen LogP contribution < -0.4 is 0 Å². The topological polar surface area (TPSA) is 26.3 Å². The monoisotopic (exact) mass is 284 g/mol. The van der Waals surface area contributed by atoms with Crippen molar-refractivity contribution in [1.29, 1.82) is 0 Å². The van der Waals surface area contributed by atoms with E-state index in [2.05, 4.69) is 12.1 Å². The Morgan fingerprint density at radius 3 is 2.55 bits per heavy atom. The number of hydrogen-bond acceptors (Lipinski definition) is 2. The van der Waals surface area contributed by atoms with E-state index in [0.717, 1.165) is 10.6 Å². The van der Waals surface area contributed by atoms with E-state index in [1.807, 2.05) is 24.3 Å². The summed E-state index contributed by atoms with van der Waals surface area (Å²) in [5, 5.41) is 0.738. The Labute approximate surface area is 122 Å². The normalized spacial score (nSPS) is 11.7. The molecular formula is C17H13ClO2. The van der Waals surface area contributed by atoms with E-state index in [4.69, 9.17) is 16.3 Å². The minimum atomic E-state index is -0.321. The number of benzene rings is 2. The summed E-state index contributed by atoms with van der Waals surface area (Å²) in [4.78, 5) is 11.3. The van der Waals surface area contributed by atoms with E-state index in [-0.39, 0.29) is 5.97 Å². The second kappa shape index (κ2) is 5.14. The third-order valence-electron chi connectivity index (χ3n) is 3.30. The van der Waals surface area contributed by atoms with E-state index in [9.17, 15) is 4.79 Å². The van der Waals surface area contributed by atoms with Gasteiger partial charge < -0.3 is 4.74 Å². The molecule has 0 bridgehead atoms. The third-order valence-corrected chi connectivity index (χ3v) is 3.54. The first-order valence-corrected chi connectivity index (χ1v) is 6.86. The third kappa shape index (κ3) is 2.23. The highest BCUT2D eigenvalue weighted by atomic mass is 35.5. The molecule has 0 unspecified atom stereocenters. The van der Waals surface area contributed by atoms with Gasteiger partial charge in [0, 0.05) is 11.1 Å². The van der Waals surface area contributed by atoms with Crippen LogP contribution in [-0.4, -0.2) is 12.6 Å². The lowest BCUT2D eigenvalue weighted by Crippen LogP contribution is -2.00. The number of ether oxygens (including phenoxy) is 1. The van der Waals surface area contributed by atoms with Gasteiger partial charge in [-0.25, -0.2) is 4.79 Å². The van der Waals surface area contributed by atoms with Crippen LogP contribution in [0.3, 0.4) is 0 Å². The molecule has 0 fully saturated rings. The largest absolute Gasteiger partial charge is 0.463 e. The van der Waals surface area contributed by atoms with E-state index in [0.29, 0.717) is 6.61 Å². The number of halogens is 1.